The van der Waals surface area contributed by atoms with E-state index in [0.29, 0.717) is 18.3 Å². The normalized spacial score (nSPS) is 21.2. The molecule has 1 aromatic carbocycles. The third kappa shape index (κ3) is 3.97. The Balaban J connectivity index is 1.40. The number of hydrogen-bond acceptors (Lipinski definition) is 4. The topological polar surface area (TPSA) is 50.6 Å². The molecule has 2 aromatic rings. The number of carbonyl (C=O) groups excluding carboxylic acids is 1. The summed E-state index contributed by atoms with van der Waals surface area (Å²) in [6.07, 6.45) is 4.05. The standard InChI is InChI=1S/C20H26N4O2/c25-20(19-8-10-23(21-19)15-17-5-2-1-3-6-17)24-9-4-7-18(24)16-22-11-13-26-14-12-22/h1-3,5-6,8,10,18H,4,7,9,11-16H2/t18-/m0/s1. The highest BCUT2D eigenvalue weighted by molar-refractivity contribution is 5.92. The molecule has 0 N–H and O–H groups in total. The van der Waals surface area contributed by atoms with Crippen LogP contribution in [-0.4, -0.2) is 70.9 Å². The molecule has 0 radical (unpaired) electrons. The van der Waals surface area contributed by atoms with Crippen molar-refractivity contribution in [1.82, 2.24) is 19.6 Å². The van der Waals surface area contributed by atoms with Gasteiger partial charge in [-0.05, 0) is 24.5 Å². The van der Waals surface area contributed by atoms with E-state index >= 15 is 0 Å². The third-order valence-corrected chi connectivity index (χ3v) is 5.26. The van der Waals surface area contributed by atoms with Crippen LogP contribution in [0.5, 0.6) is 0 Å². The first-order chi connectivity index (χ1) is 12.8. The summed E-state index contributed by atoms with van der Waals surface area (Å²) >= 11 is 0. The van der Waals surface area contributed by atoms with Crippen LogP contribution in [0.25, 0.3) is 0 Å². The van der Waals surface area contributed by atoms with Crippen molar-refractivity contribution in [3.05, 3.63) is 53.9 Å². The molecule has 2 aliphatic rings. The van der Waals surface area contributed by atoms with E-state index in [4.69, 9.17) is 4.74 Å². The largest absolute Gasteiger partial charge is 0.379 e. The summed E-state index contributed by atoms with van der Waals surface area (Å²) in [5, 5.41) is 4.52. The van der Waals surface area contributed by atoms with Gasteiger partial charge < -0.3 is 9.64 Å². The van der Waals surface area contributed by atoms with E-state index in [1.54, 1.807) is 0 Å². The van der Waals surface area contributed by atoms with Crippen LogP contribution in [0.15, 0.2) is 42.6 Å². The van der Waals surface area contributed by atoms with Crippen LogP contribution in [0.1, 0.15) is 28.9 Å². The van der Waals surface area contributed by atoms with Gasteiger partial charge in [-0.15, -0.1) is 0 Å². The van der Waals surface area contributed by atoms with E-state index in [2.05, 4.69) is 22.1 Å². The number of aromatic nitrogens is 2. The number of benzene rings is 1. The Morgan fingerprint density at radius 3 is 2.73 bits per heavy atom. The quantitative estimate of drug-likeness (QED) is 0.823. The molecule has 3 heterocycles. The Morgan fingerprint density at radius 2 is 1.92 bits per heavy atom. The molecule has 1 atom stereocenters. The van der Waals surface area contributed by atoms with Gasteiger partial charge in [0.1, 0.15) is 5.69 Å². The molecule has 6 heteroatoms. The van der Waals surface area contributed by atoms with Gasteiger partial charge in [0.2, 0.25) is 0 Å². The molecular weight excluding hydrogens is 328 g/mol. The van der Waals surface area contributed by atoms with Crippen molar-refractivity contribution in [2.75, 3.05) is 39.4 Å². The number of likely N-dealkylation sites (tertiary alicyclic amines) is 1. The van der Waals surface area contributed by atoms with E-state index in [9.17, 15) is 4.79 Å². The predicted molar refractivity (Wildman–Crippen MR) is 99.1 cm³/mol. The molecule has 1 aromatic heterocycles. The van der Waals surface area contributed by atoms with Gasteiger partial charge in [0.25, 0.3) is 5.91 Å². The highest BCUT2D eigenvalue weighted by atomic mass is 16.5. The first kappa shape index (κ1) is 17.2. The van der Waals surface area contributed by atoms with Crippen LogP contribution in [0.3, 0.4) is 0 Å². The number of carbonyl (C=O) groups is 1. The van der Waals surface area contributed by atoms with Crippen molar-refractivity contribution < 1.29 is 9.53 Å². The number of nitrogens with zero attached hydrogens (tertiary/aromatic N) is 4. The van der Waals surface area contributed by atoms with Crippen LogP contribution in [0.4, 0.5) is 0 Å². The van der Waals surface area contributed by atoms with E-state index in [0.717, 1.165) is 52.2 Å². The zero-order valence-electron chi connectivity index (χ0n) is 15.1. The van der Waals surface area contributed by atoms with Crippen molar-refractivity contribution in [2.45, 2.75) is 25.4 Å². The lowest BCUT2D eigenvalue weighted by molar-refractivity contribution is 0.0260. The molecule has 4 rings (SSSR count). The molecule has 0 saturated carbocycles. The molecular formula is C20H26N4O2. The number of hydrogen-bond donors (Lipinski definition) is 0. The predicted octanol–water partition coefficient (Wildman–Crippen LogP) is 1.87. The molecule has 26 heavy (non-hydrogen) atoms. The number of ether oxygens (including phenoxy) is 1. The van der Waals surface area contributed by atoms with Gasteiger partial charge in [0, 0.05) is 38.4 Å². The zero-order chi connectivity index (χ0) is 17.8. The van der Waals surface area contributed by atoms with Crippen LogP contribution < -0.4 is 0 Å². The molecule has 138 valence electrons. The summed E-state index contributed by atoms with van der Waals surface area (Å²) in [6, 6.07) is 12.3. The molecule has 6 nitrogen and oxygen atoms in total. The number of rotatable bonds is 5. The molecule has 0 unspecified atom stereocenters. The second kappa shape index (κ2) is 8.01. The highest BCUT2D eigenvalue weighted by Crippen LogP contribution is 2.21. The minimum Gasteiger partial charge on any atom is -0.379 e. The van der Waals surface area contributed by atoms with Crippen LogP contribution >= 0.6 is 0 Å². The monoisotopic (exact) mass is 354 g/mol. The second-order valence-electron chi connectivity index (χ2n) is 7.09. The lowest BCUT2D eigenvalue weighted by atomic mass is 10.2. The number of amides is 1. The Morgan fingerprint density at radius 1 is 1.12 bits per heavy atom. The fourth-order valence-corrected chi connectivity index (χ4v) is 3.86. The fraction of sp³-hybridized carbons (Fsp3) is 0.500. The van der Waals surface area contributed by atoms with Gasteiger partial charge in [0.05, 0.1) is 19.8 Å². The van der Waals surface area contributed by atoms with Crippen molar-refractivity contribution in [3.8, 4) is 0 Å². The molecule has 0 aliphatic carbocycles. The average molecular weight is 354 g/mol. The molecule has 2 fully saturated rings. The molecule has 1 amide bonds. The van der Waals surface area contributed by atoms with E-state index < -0.39 is 0 Å². The molecule has 2 aliphatic heterocycles. The SMILES string of the molecule is O=C(c1ccn(Cc2ccccc2)n1)N1CCC[C@H]1CN1CCOCC1. The summed E-state index contributed by atoms with van der Waals surface area (Å²) in [4.78, 5) is 17.4. The van der Waals surface area contributed by atoms with Gasteiger partial charge in [-0.2, -0.15) is 5.10 Å². The Bertz CT molecular complexity index is 724. The van der Waals surface area contributed by atoms with Crippen molar-refractivity contribution >= 4 is 5.91 Å². The van der Waals surface area contributed by atoms with Crippen LogP contribution in [-0.2, 0) is 11.3 Å². The van der Waals surface area contributed by atoms with E-state index in [-0.39, 0.29) is 5.91 Å². The van der Waals surface area contributed by atoms with Crippen molar-refractivity contribution in [3.63, 3.8) is 0 Å². The maximum atomic E-state index is 13.0. The van der Waals surface area contributed by atoms with E-state index in [1.165, 1.54) is 5.56 Å². The van der Waals surface area contributed by atoms with Gasteiger partial charge in [-0.1, -0.05) is 30.3 Å². The fourth-order valence-electron chi connectivity index (χ4n) is 3.86. The number of morpholine rings is 1. The summed E-state index contributed by atoms with van der Waals surface area (Å²) < 4.78 is 7.27. The maximum Gasteiger partial charge on any atom is 0.274 e. The first-order valence-electron chi connectivity index (χ1n) is 9.48. The Kier molecular flexibility index (Phi) is 5.32. The first-order valence-corrected chi connectivity index (χ1v) is 9.48. The van der Waals surface area contributed by atoms with Crippen molar-refractivity contribution in [1.29, 1.82) is 0 Å². The molecule has 2 saturated heterocycles. The highest BCUT2D eigenvalue weighted by Gasteiger charge is 2.32. The van der Waals surface area contributed by atoms with Gasteiger partial charge in [-0.3, -0.25) is 14.4 Å². The second-order valence-corrected chi connectivity index (χ2v) is 7.09. The molecule has 0 bridgehead atoms. The minimum absolute atomic E-state index is 0.0626. The Labute approximate surface area is 154 Å². The van der Waals surface area contributed by atoms with Crippen molar-refractivity contribution in [2.24, 2.45) is 0 Å². The molecule has 0 spiro atoms. The van der Waals surface area contributed by atoms with Gasteiger partial charge >= 0.3 is 0 Å². The Hall–Kier alpha value is -2.18. The minimum atomic E-state index is 0.0626. The third-order valence-electron chi connectivity index (χ3n) is 5.26. The van der Waals surface area contributed by atoms with E-state index in [1.807, 2.05) is 40.0 Å². The van der Waals surface area contributed by atoms with Crippen LogP contribution in [0.2, 0.25) is 0 Å². The zero-order valence-corrected chi connectivity index (χ0v) is 15.1. The average Bonchev–Trinajstić information content (AvgIpc) is 3.33. The smallest absolute Gasteiger partial charge is 0.274 e. The lowest BCUT2D eigenvalue weighted by Gasteiger charge is -2.32. The van der Waals surface area contributed by atoms with Crippen LogP contribution in [0, 0.1) is 0 Å². The maximum absolute atomic E-state index is 13.0. The summed E-state index contributed by atoms with van der Waals surface area (Å²) in [5.41, 5.74) is 1.73. The van der Waals surface area contributed by atoms with Gasteiger partial charge in [-0.25, -0.2) is 0 Å². The summed E-state index contributed by atoms with van der Waals surface area (Å²) in [6.45, 7) is 5.98. The summed E-state index contributed by atoms with van der Waals surface area (Å²) in [5.74, 6) is 0.0626. The van der Waals surface area contributed by atoms with Gasteiger partial charge in [0.15, 0.2) is 0 Å². The summed E-state index contributed by atoms with van der Waals surface area (Å²) in [7, 11) is 0. The lowest BCUT2D eigenvalue weighted by Crippen LogP contribution is -2.46.